The number of fused-ring (bicyclic) bond motifs is 4. The van der Waals surface area contributed by atoms with Crippen LogP contribution in [0.15, 0.2) is 94.6 Å². The van der Waals surface area contributed by atoms with Crippen LogP contribution in [0.25, 0.3) is 11.1 Å². The molecule has 4 aliphatic carbocycles. The van der Waals surface area contributed by atoms with Crippen molar-refractivity contribution in [3.8, 4) is 11.1 Å². The number of rotatable bonds is 1. The van der Waals surface area contributed by atoms with Crippen LogP contribution in [0.2, 0.25) is 0 Å². The molecule has 4 aliphatic rings. The van der Waals surface area contributed by atoms with Gasteiger partial charge in [-0.05, 0) is 71.6 Å². The molecular weight excluding hydrogens is 324 g/mol. The molecule has 27 heavy (non-hydrogen) atoms. The van der Waals surface area contributed by atoms with E-state index in [4.69, 9.17) is 0 Å². The highest BCUT2D eigenvalue weighted by Crippen LogP contribution is 2.56. The van der Waals surface area contributed by atoms with Crippen molar-refractivity contribution in [1.82, 2.24) is 0 Å². The Balaban J connectivity index is 1.61. The van der Waals surface area contributed by atoms with E-state index in [-0.39, 0.29) is 0 Å². The third-order valence-electron chi connectivity index (χ3n) is 6.91. The highest BCUT2D eigenvalue weighted by atomic mass is 14.4. The van der Waals surface area contributed by atoms with E-state index < -0.39 is 0 Å². The van der Waals surface area contributed by atoms with Gasteiger partial charge >= 0.3 is 0 Å². The van der Waals surface area contributed by atoms with Crippen LogP contribution in [0.3, 0.4) is 0 Å². The second-order valence-corrected chi connectivity index (χ2v) is 8.48. The third-order valence-corrected chi connectivity index (χ3v) is 6.91. The van der Waals surface area contributed by atoms with Crippen LogP contribution in [0.1, 0.15) is 49.7 Å². The predicted molar refractivity (Wildman–Crippen MR) is 113 cm³/mol. The molecule has 0 heteroatoms. The van der Waals surface area contributed by atoms with Crippen LogP contribution in [0.4, 0.5) is 0 Å². The summed E-state index contributed by atoms with van der Waals surface area (Å²) in [6, 6.07) is 18.2. The zero-order chi connectivity index (χ0) is 18.0. The Morgan fingerprint density at radius 2 is 1.37 bits per heavy atom. The van der Waals surface area contributed by atoms with Gasteiger partial charge in [0.05, 0.1) is 0 Å². The maximum atomic E-state index is 2.50. The minimum Gasteiger partial charge on any atom is -0.0619 e. The van der Waals surface area contributed by atoms with Crippen molar-refractivity contribution in [2.24, 2.45) is 5.92 Å². The highest BCUT2D eigenvalue weighted by Gasteiger charge is 2.41. The van der Waals surface area contributed by atoms with Crippen molar-refractivity contribution in [1.29, 1.82) is 0 Å². The first-order valence-electron chi connectivity index (χ1n) is 10.3. The van der Waals surface area contributed by atoms with E-state index in [9.17, 15) is 0 Å². The molecule has 0 spiro atoms. The third kappa shape index (κ3) is 2.16. The summed E-state index contributed by atoms with van der Waals surface area (Å²) in [7, 11) is 0. The Bertz CT molecular complexity index is 1040. The second kappa shape index (κ2) is 5.70. The first-order valence-corrected chi connectivity index (χ1v) is 10.3. The molecule has 0 amide bonds. The number of hydrogen-bond acceptors (Lipinski definition) is 0. The largest absolute Gasteiger partial charge is 0.0619 e. The molecule has 6 rings (SSSR count). The average Bonchev–Trinajstić information content (AvgIpc) is 3.23. The molecule has 0 N–H and O–H groups in total. The Morgan fingerprint density at radius 1 is 0.704 bits per heavy atom. The SMILES string of the molecule is CC1=CC2=CC3=C(CCCC3)[C@@H](C3c4ccccc4-c4ccccc43)C2=C1. The van der Waals surface area contributed by atoms with Gasteiger partial charge in [-0.25, -0.2) is 0 Å². The smallest absolute Gasteiger partial charge is 0.0208 e. The molecule has 0 nitrogen and oxygen atoms in total. The van der Waals surface area contributed by atoms with Gasteiger partial charge in [-0.15, -0.1) is 0 Å². The van der Waals surface area contributed by atoms with Crippen molar-refractivity contribution in [3.05, 3.63) is 106 Å². The minimum atomic E-state index is 0.453. The van der Waals surface area contributed by atoms with Gasteiger partial charge in [-0.2, -0.15) is 0 Å². The second-order valence-electron chi connectivity index (χ2n) is 8.48. The number of hydrogen-bond donors (Lipinski definition) is 0. The monoisotopic (exact) mass is 348 g/mol. The number of benzene rings is 2. The molecule has 0 bridgehead atoms. The molecule has 0 aromatic heterocycles. The normalized spacial score (nSPS) is 23.1. The molecule has 1 atom stereocenters. The van der Waals surface area contributed by atoms with Crippen LogP contribution < -0.4 is 0 Å². The van der Waals surface area contributed by atoms with Crippen LogP contribution in [0.5, 0.6) is 0 Å². The average molecular weight is 348 g/mol. The minimum absolute atomic E-state index is 0.453. The molecule has 0 saturated heterocycles. The van der Waals surface area contributed by atoms with Crippen molar-refractivity contribution in [2.45, 2.75) is 38.5 Å². The molecular formula is C27H24. The fourth-order valence-electron chi connectivity index (χ4n) is 5.88. The van der Waals surface area contributed by atoms with E-state index in [1.165, 1.54) is 59.1 Å². The van der Waals surface area contributed by atoms with Crippen LogP contribution >= 0.6 is 0 Å². The molecule has 2 aromatic rings. The van der Waals surface area contributed by atoms with E-state index in [2.05, 4.69) is 73.7 Å². The fourth-order valence-corrected chi connectivity index (χ4v) is 5.88. The maximum Gasteiger partial charge on any atom is 0.0208 e. The van der Waals surface area contributed by atoms with Crippen LogP contribution in [0, 0.1) is 5.92 Å². The van der Waals surface area contributed by atoms with E-state index in [1.54, 1.807) is 16.7 Å². The fraction of sp³-hybridized carbons (Fsp3) is 0.259. The van der Waals surface area contributed by atoms with Gasteiger partial charge in [0.25, 0.3) is 0 Å². The summed E-state index contributed by atoms with van der Waals surface area (Å²) >= 11 is 0. The van der Waals surface area contributed by atoms with E-state index in [1.807, 2.05) is 0 Å². The Kier molecular flexibility index (Phi) is 3.26. The van der Waals surface area contributed by atoms with Crippen molar-refractivity contribution in [3.63, 3.8) is 0 Å². The predicted octanol–water partition coefficient (Wildman–Crippen LogP) is 7.11. The number of allylic oxidation sites excluding steroid dienone is 8. The quantitative estimate of drug-likeness (QED) is 0.515. The molecule has 0 aliphatic heterocycles. The van der Waals surface area contributed by atoms with Gasteiger partial charge in [-0.1, -0.05) is 77.9 Å². The summed E-state index contributed by atoms with van der Waals surface area (Å²) in [5.41, 5.74) is 13.7. The molecule has 132 valence electrons. The zero-order valence-corrected chi connectivity index (χ0v) is 15.8. The topological polar surface area (TPSA) is 0 Å². The van der Waals surface area contributed by atoms with Crippen molar-refractivity contribution >= 4 is 0 Å². The van der Waals surface area contributed by atoms with Gasteiger partial charge in [-0.3, -0.25) is 0 Å². The molecule has 2 aromatic carbocycles. The summed E-state index contributed by atoms with van der Waals surface area (Å²) in [5.74, 6) is 0.952. The lowest BCUT2D eigenvalue weighted by Crippen LogP contribution is -2.23. The van der Waals surface area contributed by atoms with Crippen LogP contribution in [-0.4, -0.2) is 0 Å². The lowest BCUT2D eigenvalue weighted by atomic mass is 9.67. The van der Waals surface area contributed by atoms with Gasteiger partial charge in [0.1, 0.15) is 0 Å². The molecule has 0 unspecified atom stereocenters. The maximum absolute atomic E-state index is 2.50. The molecule has 0 fully saturated rings. The van der Waals surface area contributed by atoms with Gasteiger partial charge in [0.15, 0.2) is 0 Å². The van der Waals surface area contributed by atoms with E-state index in [0.29, 0.717) is 11.8 Å². The lowest BCUT2D eigenvalue weighted by molar-refractivity contribution is 0.550. The Labute approximate surface area is 161 Å². The Morgan fingerprint density at radius 3 is 2.11 bits per heavy atom. The summed E-state index contributed by atoms with van der Waals surface area (Å²) in [5, 5.41) is 0. The highest BCUT2D eigenvalue weighted by molar-refractivity contribution is 5.80. The first kappa shape index (κ1) is 15.5. The summed E-state index contributed by atoms with van der Waals surface area (Å²) < 4.78 is 0. The van der Waals surface area contributed by atoms with Gasteiger partial charge < -0.3 is 0 Å². The summed E-state index contributed by atoms with van der Waals surface area (Å²) in [6.07, 6.45) is 12.6. The molecule has 0 saturated carbocycles. The zero-order valence-electron chi connectivity index (χ0n) is 15.8. The molecule has 0 radical (unpaired) electrons. The van der Waals surface area contributed by atoms with E-state index in [0.717, 1.165) is 0 Å². The van der Waals surface area contributed by atoms with Gasteiger partial charge in [0, 0.05) is 11.8 Å². The van der Waals surface area contributed by atoms with Gasteiger partial charge in [0.2, 0.25) is 0 Å². The lowest BCUT2D eigenvalue weighted by Gasteiger charge is -2.36. The standard InChI is InChI=1S/C27H24/c1-17-14-19-16-18-8-2-3-9-20(18)26(25(19)15-17)27-23-12-6-4-10-21(23)22-11-5-7-13-24(22)27/h4-7,10-16,26-27H,2-3,8-9H2,1H3/t26-/m1/s1. The van der Waals surface area contributed by atoms with Crippen LogP contribution in [-0.2, 0) is 0 Å². The summed E-state index contributed by atoms with van der Waals surface area (Å²) in [4.78, 5) is 0. The molecule has 0 heterocycles. The van der Waals surface area contributed by atoms with E-state index >= 15 is 0 Å². The Hall–Kier alpha value is -2.60. The summed E-state index contributed by atoms with van der Waals surface area (Å²) in [6.45, 7) is 2.25. The van der Waals surface area contributed by atoms with Crippen molar-refractivity contribution in [2.75, 3.05) is 0 Å². The van der Waals surface area contributed by atoms with Crippen molar-refractivity contribution < 1.29 is 0 Å². The first-order chi connectivity index (χ1) is 13.3.